The van der Waals surface area contributed by atoms with E-state index in [1.54, 1.807) is 25.3 Å². The summed E-state index contributed by atoms with van der Waals surface area (Å²) in [5, 5.41) is 12.2. The molecule has 2 aromatic rings. The zero-order valence-electron chi connectivity index (χ0n) is 9.92. The second-order valence-electron chi connectivity index (χ2n) is 3.84. The summed E-state index contributed by atoms with van der Waals surface area (Å²) in [5.74, 6) is -0.918. The number of carboxylic acids is 1. The Labute approximate surface area is 105 Å². The van der Waals surface area contributed by atoms with Crippen LogP contribution in [0.5, 0.6) is 0 Å². The number of aromatic nitrogens is 2. The Hall–Kier alpha value is -2.43. The Morgan fingerprint density at radius 3 is 2.89 bits per heavy atom. The lowest BCUT2D eigenvalue weighted by atomic mass is 10.1. The van der Waals surface area contributed by atoms with Crippen LogP contribution in [0.25, 0.3) is 0 Å². The van der Waals surface area contributed by atoms with Crippen LogP contribution in [-0.4, -0.2) is 21.0 Å². The second-order valence-corrected chi connectivity index (χ2v) is 3.84. The molecule has 1 aromatic carbocycles. The highest BCUT2D eigenvalue weighted by atomic mass is 16.4. The molecule has 0 unspecified atom stereocenters. The molecule has 0 aliphatic rings. The minimum Gasteiger partial charge on any atom is -0.478 e. The van der Waals surface area contributed by atoms with E-state index in [0.717, 1.165) is 16.9 Å². The molecule has 0 fully saturated rings. The maximum absolute atomic E-state index is 11.0. The fourth-order valence-electron chi connectivity index (χ4n) is 1.67. The number of aromatic carboxylic acids is 1. The van der Waals surface area contributed by atoms with Crippen LogP contribution in [0.3, 0.4) is 0 Å². The van der Waals surface area contributed by atoms with Crippen molar-refractivity contribution >= 4 is 11.7 Å². The molecule has 2 rings (SSSR count). The normalized spacial score (nSPS) is 10.1. The highest BCUT2D eigenvalue weighted by molar-refractivity contribution is 5.91. The molecule has 0 amide bonds. The first kappa shape index (κ1) is 12.0. The summed E-state index contributed by atoms with van der Waals surface area (Å²) in [4.78, 5) is 18.9. The molecule has 1 aromatic heterocycles. The molecule has 18 heavy (non-hydrogen) atoms. The van der Waals surface area contributed by atoms with Gasteiger partial charge in [0, 0.05) is 11.9 Å². The van der Waals surface area contributed by atoms with Gasteiger partial charge >= 0.3 is 5.97 Å². The van der Waals surface area contributed by atoms with Crippen molar-refractivity contribution in [2.24, 2.45) is 0 Å². The average Bonchev–Trinajstić information content (AvgIpc) is 2.38. The van der Waals surface area contributed by atoms with Gasteiger partial charge in [-0.3, -0.25) is 0 Å². The first-order chi connectivity index (χ1) is 8.68. The third-order valence-corrected chi connectivity index (χ3v) is 2.67. The van der Waals surface area contributed by atoms with E-state index < -0.39 is 5.97 Å². The van der Waals surface area contributed by atoms with Crippen molar-refractivity contribution in [3.63, 3.8) is 0 Å². The van der Waals surface area contributed by atoms with Crippen LogP contribution < -0.4 is 5.32 Å². The molecule has 0 saturated carbocycles. The lowest BCUT2D eigenvalue weighted by Crippen LogP contribution is -2.06. The van der Waals surface area contributed by atoms with Gasteiger partial charge in [0.05, 0.1) is 17.8 Å². The lowest BCUT2D eigenvalue weighted by molar-refractivity contribution is 0.0696. The van der Waals surface area contributed by atoms with Crippen LogP contribution in [-0.2, 0) is 6.54 Å². The summed E-state index contributed by atoms with van der Waals surface area (Å²) in [7, 11) is 0. The van der Waals surface area contributed by atoms with E-state index in [-0.39, 0.29) is 0 Å². The molecule has 0 atom stereocenters. The predicted octanol–water partition coefficient (Wildman–Crippen LogP) is 2.10. The van der Waals surface area contributed by atoms with Gasteiger partial charge in [0.2, 0.25) is 0 Å². The summed E-state index contributed by atoms with van der Waals surface area (Å²) < 4.78 is 0. The monoisotopic (exact) mass is 243 g/mol. The topological polar surface area (TPSA) is 75.1 Å². The van der Waals surface area contributed by atoms with E-state index in [9.17, 15) is 4.79 Å². The number of anilines is 1. The van der Waals surface area contributed by atoms with E-state index in [4.69, 9.17) is 5.11 Å². The Bertz CT molecular complexity index is 555. The second kappa shape index (κ2) is 5.27. The van der Waals surface area contributed by atoms with E-state index >= 15 is 0 Å². The molecule has 0 radical (unpaired) electrons. The van der Waals surface area contributed by atoms with E-state index in [0.29, 0.717) is 12.1 Å². The first-order valence-corrected chi connectivity index (χ1v) is 5.50. The lowest BCUT2D eigenvalue weighted by Gasteiger charge is -2.10. The van der Waals surface area contributed by atoms with Crippen molar-refractivity contribution in [2.45, 2.75) is 13.5 Å². The number of hydrogen-bond acceptors (Lipinski definition) is 4. The highest BCUT2D eigenvalue weighted by Gasteiger charge is 2.09. The minimum atomic E-state index is -0.918. The standard InChI is InChI=1S/C13H13N3O2/c1-9-11(13(17)18)3-2-4-12(9)15-7-10-5-6-14-8-16-10/h2-6,8,15H,7H2,1H3,(H,17,18). The number of carbonyl (C=O) groups is 1. The van der Waals surface area contributed by atoms with Crippen LogP contribution in [0, 0.1) is 6.92 Å². The predicted molar refractivity (Wildman–Crippen MR) is 67.5 cm³/mol. The molecule has 92 valence electrons. The molecule has 0 saturated heterocycles. The summed E-state index contributed by atoms with van der Waals surface area (Å²) in [6.45, 7) is 2.32. The number of nitrogens with zero attached hydrogens (tertiary/aromatic N) is 2. The third-order valence-electron chi connectivity index (χ3n) is 2.67. The molecule has 0 bridgehead atoms. The molecular weight excluding hydrogens is 230 g/mol. The van der Waals surface area contributed by atoms with Crippen molar-refractivity contribution < 1.29 is 9.90 Å². The zero-order valence-corrected chi connectivity index (χ0v) is 9.92. The summed E-state index contributed by atoms with van der Waals surface area (Å²) in [6, 6.07) is 6.97. The maximum Gasteiger partial charge on any atom is 0.336 e. The van der Waals surface area contributed by atoms with Crippen molar-refractivity contribution in [1.29, 1.82) is 0 Å². The maximum atomic E-state index is 11.0. The van der Waals surface area contributed by atoms with Crippen LogP contribution in [0.1, 0.15) is 21.6 Å². The molecule has 5 nitrogen and oxygen atoms in total. The number of benzene rings is 1. The van der Waals surface area contributed by atoms with E-state index in [1.807, 2.05) is 12.1 Å². The van der Waals surface area contributed by atoms with Crippen LogP contribution in [0.4, 0.5) is 5.69 Å². The quantitative estimate of drug-likeness (QED) is 0.860. The molecular formula is C13H13N3O2. The van der Waals surface area contributed by atoms with Gasteiger partial charge in [0.1, 0.15) is 6.33 Å². The van der Waals surface area contributed by atoms with Crippen LogP contribution in [0.15, 0.2) is 36.8 Å². The van der Waals surface area contributed by atoms with Gasteiger partial charge in [-0.15, -0.1) is 0 Å². The van der Waals surface area contributed by atoms with Gasteiger partial charge in [0.15, 0.2) is 0 Å². The summed E-state index contributed by atoms with van der Waals surface area (Å²) >= 11 is 0. The minimum absolute atomic E-state index is 0.308. The zero-order chi connectivity index (χ0) is 13.0. The smallest absolute Gasteiger partial charge is 0.336 e. The Morgan fingerprint density at radius 1 is 1.39 bits per heavy atom. The van der Waals surface area contributed by atoms with Gasteiger partial charge in [-0.25, -0.2) is 14.8 Å². The molecule has 1 heterocycles. The summed E-state index contributed by atoms with van der Waals surface area (Å²) in [5.41, 5.74) is 2.68. The molecule has 0 spiro atoms. The van der Waals surface area contributed by atoms with Crippen molar-refractivity contribution in [3.8, 4) is 0 Å². The SMILES string of the molecule is Cc1c(NCc2ccncn2)cccc1C(=O)O. The van der Waals surface area contributed by atoms with E-state index in [2.05, 4.69) is 15.3 Å². The number of hydrogen-bond donors (Lipinski definition) is 2. The van der Waals surface area contributed by atoms with Crippen molar-refractivity contribution in [2.75, 3.05) is 5.32 Å². The number of nitrogens with one attached hydrogen (secondary N) is 1. The Balaban J connectivity index is 2.15. The van der Waals surface area contributed by atoms with Gasteiger partial charge in [-0.2, -0.15) is 0 Å². The molecule has 5 heteroatoms. The van der Waals surface area contributed by atoms with Crippen molar-refractivity contribution in [3.05, 3.63) is 53.6 Å². The highest BCUT2D eigenvalue weighted by Crippen LogP contribution is 2.19. The Kier molecular flexibility index (Phi) is 3.52. The van der Waals surface area contributed by atoms with Crippen LogP contribution >= 0.6 is 0 Å². The number of rotatable bonds is 4. The van der Waals surface area contributed by atoms with Gasteiger partial charge in [-0.05, 0) is 30.7 Å². The van der Waals surface area contributed by atoms with Crippen LogP contribution in [0.2, 0.25) is 0 Å². The largest absolute Gasteiger partial charge is 0.478 e. The molecule has 0 aliphatic heterocycles. The Morgan fingerprint density at radius 2 is 2.22 bits per heavy atom. The van der Waals surface area contributed by atoms with Gasteiger partial charge in [0.25, 0.3) is 0 Å². The van der Waals surface area contributed by atoms with Gasteiger partial charge in [-0.1, -0.05) is 6.07 Å². The summed E-state index contributed by atoms with van der Waals surface area (Å²) in [6.07, 6.45) is 3.15. The fourth-order valence-corrected chi connectivity index (χ4v) is 1.67. The number of carboxylic acid groups (broad SMARTS) is 1. The van der Waals surface area contributed by atoms with E-state index in [1.165, 1.54) is 6.33 Å². The molecule has 0 aliphatic carbocycles. The van der Waals surface area contributed by atoms with Gasteiger partial charge < -0.3 is 10.4 Å². The third kappa shape index (κ3) is 2.63. The first-order valence-electron chi connectivity index (χ1n) is 5.50. The molecule has 2 N–H and O–H groups in total. The van der Waals surface area contributed by atoms with Crippen molar-refractivity contribution in [1.82, 2.24) is 9.97 Å². The average molecular weight is 243 g/mol. The fraction of sp³-hybridized carbons (Fsp3) is 0.154.